The molecular formula is C5H9O2+. The molecule has 0 spiro atoms. The largest absolute Gasteiger partial charge is 0.481 e. The maximum absolute atomic E-state index is 4.97. The zero-order chi connectivity index (χ0) is 5.11. The van der Waals surface area contributed by atoms with Crippen molar-refractivity contribution >= 4 is 5.97 Å². The Hall–Kier alpha value is -0.530. The standard InChI is InChI=1S/C5H9O2/c1-5-6-3-2-4-7-5/h2-4H2,1H3/q+1. The van der Waals surface area contributed by atoms with E-state index in [1.807, 2.05) is 6.92 Å². The third-order valence-electron chi connectivity index (χ3n) is 0.899. The van der Waals surface area contributed by atoms with E-state index in [2.05, 4.69) is 0 Å². The van der Waals surface area contributed by atoms with Crippen molar-refractivity contribution in [3.05, 3.63) is 0 Å². The smallest absolute Gasteiger partial charge is 0.322 e. The van der Waals surface area contributed by atoms with Crippen molar-refractivity contribution in [3.8, 4) is 0 Å². The van der Waals surface area contributed by atoms with Gasteiger partial charge in [-0.15, -0.1) is 0 Å². The molecular weight excluding hydrogens is 92.1 g/mol. The molecule has 0 amide bonds. The van der Waals surface area contributed by atoms with Gasteiger partial charge in [0.1, 0.15) is 0 Å². The highest BCUT2D eigenvalue weighted by Crippen LogP contribution is 1.89. The van der Waals surface area contributed by atoms with Gasteiger partial charge in [-0.3, -0.25) is 0 Å². The van der Waals surface area contributed by atoms with Crippen LogP contribution >= 0.6 is 0 Å². The summed E-state index contributed by atoms with van der Waals surface area (Å²) in [7, 11) is 0. The number of esters is 1. The summed E-state index contributed by atoms with van der Waals surface area (Å²) in [4.78, 5) is 0. The Morgan fingerprint density at radius 3 is 2.86 bits per heavy atom. The SMILES string of the molecule is CC1=[O+]CCCO1. The highest BCUT2D eigenvalue weighted by Gasteiger charge is 2.10. The summed E-state index contributed by atoms with van der Waals surface area (Å²) in [5, 5.41) is 0. The third-order valence-corrected chi connectivity index (χ3v) is 0.899. The Labute approximate surface area is 42.8 Å². The number of hydrogen-bond acceptors (Lipinski definition) is 1. The van der Waals surface area contributed by atoms with Crippen LogP contribution in [-0.2, 0) is 9.16 Å². The van der Waals surface area contributed by atoms with Crippen LogP contribution in [0.2, 0.25) is 0 Å². The van der Waals surface area contributed by atoms with Gasteiger partial charge in [0, 0.05) is 0 Å². The average Bonchev–Trinajstić information content (AvgIpc) is 1.69. The van der Waals surface area contributed by atoms with Gasteiger partial charge < -0.3 is 9.16 Å². The zero-order valence-corrected chi connectivity index (χ0v) is 4.44. The summed E-state index contributed by atoms with van der Waals surface area (Å²) in [6.07, 6.45) is 1.03. The van der Waals surface area contributed by atoms with Crippen molar-refractivity contribution in [2.24, 2.45) is 0 Å². The molecule has 0 fully saturated rings. The van der Waals surface area contributed by atoms with E-state index in [9.17, 15) is 0 Å². The summed E-state index contributed by atoms with van der Waals surface area (Å²) in [5.41, 5.74) is 0. The lowest BCUT2D eigenvalue weighted by molar-refractivity contribution is -0.478. The van der Waals surface area contributed by atoms with Gasteiger partial charge in [-0.1, -0.05) is 0 Å². The summed E-state index contributed by atoms with van der Waals surface area (Å²) in [6.45, 7) is 3.48. The van der Waals surface area contributed by atoms with Crippen molar-refractivity contribution in [2.45, 2.75) is 13.3 Å². The molecule has 0 aromatic rings. The molecule has 0 atom stereocenters. The number of ether oxygens (including phenoxy) is 1. The Kier molecular flexibility index (Phi) is 1.29. The predicted molar refractivity (Wildman–Crippen MR) is 26.1 cm³/mol. The number of hydrogen-bond donors (Lipinski definition) is 0. The maximum Gasteiger partial charge on any atom is 0.481 e. The molecule has 0 saturated carbocycles. The second-order valence-corrected chi connectivity index (χ2v) is 1.54. The lowest BCUT2D eigenvalue weighted by atomic mass is 10.5. The van der Waals surface area contributed by atoms with Gasteiger partial charge in [0.15, 0.2) is 13.2 Å². The Morgan fingerprint density at radius 1 is 1.71 bits per heavy atom. The molecule has 40 valence electrons. The third kappa shape index (κ3) is 1.18. The monoisotopic (exact) mass is 101 g/mol. The molecule has 0 radical (unpaired) electrons. The van der Waals surface area contributed by atoms with Gasteiger partial charge in [-0.2, -0.15) is 0 Å². The van der Waals surface area contributed by atoms with Crippen LogP contribution in [0.1, 0.15) is 13.3 Å². The highest BCUT2D eigenvalue weighted by atomic mass is 16.6. The van der Waals surface area contributed by atoms with E-state index < -0.39 is 0 Å². The van der Waals surface area contributed by atoms with Crippen LogP contribution in [0.25, 0.3) is 0 Å². The van der Waals surface area contributed by atoms with Crippen LogP contribution in [0.5, 0.6) is 0 Å². The zero-order valence-electron chi connectivity index (χ0n) is 4.44. The summed E-state index contributed by atoms with van der Waals surface area (Å²) in [6, 6.07) is 0. The van der Waals surface area contributed by atoms with Gasteiger partial charge in [0.2, 0.25) is 0 Å². The first-order valence-electron chi connectivity index (χ1n) is 2.49. The van der Waals surface area contributed by atoms with Crippen molar-refractivity contribution in [3.63, 3.8) is 0 Å². The molecule has 0 bridgehead atoms. The normalized spacial score (nSPS) is 20.4. The van der Waals surface area contributed by atoms with E-state index >= 15 is 0 Å². The first kappa shape index (κ1) is 4.62. The van der Waals surface area contributed by atoms with E-state index in [0.29, 0.717) is 5.97 Å². The molecule has 1 heterocycles. The molecule has 0 aliphatic carbocycles. The fourth-order valence-electron chi connectivity index (χ4n) is 0.532. The Bertz CT molecular complexity index is 86.1. The molecule has 2 heteroatoms. The van der Waals surface area contributed by atoms with Crippen LogP contribution in [-0.4, -0.2) is 19.2 Å². The molecule has 1 aliphatic heterocycles. The minimum absolute atomic E-state index is 0.714. The predicted octanol–water partition coefficient (Wildman–Crippen LogP) is 0.489. The average molecular weight is 101 g/mol. The second kappa shape index (κ2) is 1.96. The maximum atomic E-state index is 4.97. The van der Waals surface area contributed by atoms with Crippen LogP contribution in [0.3, 0.4) is 0 Å². The molecule has 0 saturated heterocycles. The number of carbonyl (C=O) groups excluding carboxylic acids is 1. The number of cyclic esters (lactones) is 1. The first-order valence-corrected chi connectivity index (χ1v) is 2.49. The van der Waals surface area contributed by atoms with Crippen molar-refractivity contribution < 1.29 is 9.16 Å². The van der Waals surface area contributed by atoms with E-state index in [4.69, 9.17) is 9.16 Å². The lowest BCUT2D eigenvalue weighted by Gasteiger charge is -1.95. The van der Waals surface area contributed by atoms with E-state index in [1.165, 1.54) is 0 Å². The van der Waals surface area contributed by atoms with Crippen molar-refractivity contribution in [2.75, 3.05) is 13.2 Å². The topological polar surface area (TPSA) is 20.5 Å². The Balaban J connectivity index is 2.40. The van der Waals surface area contributed by atoms with Gasteiger partial charge in [-0.05, 0) is 0 Å². The summed E-state index contributed by atoms with van der Waals surface area (Å²) in [5.74, 6) is 0.714. The van der Waals surface area contributed by atoms with Crippen molar-refractivity contribution in [1.29, 1.82) is 0 Å². The van der Waals surface area contributed by atoms with Crippen LogP contribution in [0.15, 0.2) is 0 Å². The molecule has 1 aliphatic rings. The minimum atomic E-state index is 0.714. The van der Waals surface area contributed by atoms with Crippen LogP contribution in [0, 0.1) is 0 Å². The van der Waals surface area contributed by atoms with Crippen molar-refractivity contribution in [1.82, 2.24) is 0 Å². The quantitative estimate of drug-likeness (QED) is 0.321. The molecule has 2 nitrogen and oxygen atoms in total. The summed E-state index contributed by atoms with van der Waals surface area (Å²) >= 11 is 0. The second-order valence-electron chi connectivity index (χ2n) is 1.54. The van der Waals surface area contributed by atoms with E-state index in [-0.39, 0.29) is 0 Å². The molecule has 1 rings (SSSR count). The van der Waals surface area contributed by atoms with Gasteiger partial charge in [-0.25, -0.2) is 0 Å². The van der Waals surface area contributed by atoms with Gasteiger partial charge in [0.05, 0.1) is 13.3 Å². The lowest BCUT2D eigenvalue weighted by Crippen LogP contribution is -2.12. The first-order chi connectivity index (χ1) is 3.39. The molecule has 0 aromatic carbocycles. The van der Waals surface area contributed by atoms with E-state index in [1.54, 1.807) is 0 Å². The summed E-state index contributed by atoms with van der Waals surface area (Å²) < 4.78 is 9.94. The van der Waals surface area contributed by atoms with Gasteiger partial charge >= 0.3 is 5.97 Å². The van der Waals surface area contributed by atoms with E-state index in [0.717, 1.165) is 19.6 Å². The minimum Gasteiger partial charge on any atom is -0.322 e. The van der Waals surface area contributed by atoms with Gasteiger partial charge in [0.25, 0.3) is 0 Å². The highest BCUT2D eigenvalue weighted by molar-refractivity contribution is 5.66. The molecule has 7 heavy (non-hydrogen) atoms. The molecule has 0 N–H and O–H groups in total. The Morgan fingerprint density at radius 2 is 2.57 bits per heavy atom. The molecule has 0 unspecified atom stereocenters. The van der Waals surface area contributed by atoms with Crippen LogP contribution in [0.4, 0.5) is 0 Å². The fraction of sp³-hybridized carbons (Fsp3) is 0.800. The number of rotatable bonds is 0. The fourth-order valence-corrected chi connectivity index (χ4v) is 0.532. The van der Waals surface area contributed by atoms with Crippen LogP contribution < -0.4 is 0 Å². The molecule has 0 aromatic heterocycles.